The van der Waals surface area contributed by atoms with E-state index in [-0.39, 0.29) is 11.8 Å². The summed E-state index contributed by atoms with van der Waals surface area (Å²) in [7, 11) is 1.80. The Kier molecular flexibility index (Phi) is 4.68. The molecule has 6 heteroatoms. The molecule has 1 aromatic heterocycles. The molecule has 17 heavy (non-hydrogen) atoms. The first-order valence-corrected chi connectivity index (χ1v) is 5.53. The summed E-state index contributed by atoms with van der Waals surface area (Å²) in [6.45, 7) is 3.82. The number of amides is 2. The molecule has 1 aromatic rings. The maximum atomic E-state index is 11.6. The van der Waals surface area contributed by atoms with E-state index in [0.717, 1.165) is 11.4 Å². The number of nitrogens with one attached hydrogen (secondary N) is 2. The van der Waals surface area contributed by atoms with Crippen molar-refractivity contribution in [1.29, 1.82) is 0 Å². The topological polar surface area (TPSA) is 76.0 Å². The summed E-state index contributed by atoms with van der Waals surface area (Å²) >= 11 is 0. The third kappa shape index (κ3) is 4.67. The van der Waals surface area contributed by atoms with Crippen LogP contribution in [0.4, 0.5) is 5.69 Å². The molecule has 0 saturated carbocycles. The quantitative estimate of drug-likeness (QED) is 0.737. The summed E-state index contributed by atoms with van der Waals surface area (Å²) in [6.07, 6.45) is 2.78. The summed E-state index contributed by atoms with van der Waals surface area (Å²) < 4.78 is 1.66. The molecule has 0 atom stereocenters. The van der Waals surface area contributed by atoms with Crippen LogP contribution in [-0.2, 0) is 16.6 Å². The lowest BCUT2D eigenvalue weighted by Crippen LogP contribution is -2.22. The van der Waals surface area contributed by atoms with Crippen LogP contribution in [0.3, 0.4) is 0 Å². The summed E-state index contributed by atoms with van der Waals surface area (Å²) in [4.78, 5) is 22.2. The Morgan fingerprint density at radius 3 is 2.71 bits per heavy atom. The van der Waals surface area contributed by atoms with Gasteiger partial charge in [-0.05, 0) is 13.3 Å². The minimum absolute atomic E-state index is 0.0635. The standard InChI is InChI=1S/C11H18N4O2/c1-8-10(7-15(3)14-8)13-11(17)5-4-6-12-9(2)16/h7H,4-6H2,1-3H3,(H,12,16)(H,13,17). The van der Waals surface area contributed by atoms with Crippen LogP contribution in [0.1, 0.15) is 25.5 Å². The molecule has 94 valence electrons. The van der Waals surface area contributed by atoms with Crippen molar-refractivity contribution in [3.63, 3.8) is 0 Å². The van der Waals surface area contributed by atoms with Gasteiger partial charge in [-0.3, -0.25) is 14.3 Å². The molecule has 2 amide bonds. The van der Waals surface area contributed by atoms with Crippen molar-refractivity contribution in [1.82, 2.24) is 15.1 Å². The number of carbonyl (C=O) groups excluding carboxylic acids is 2. The van der Waals surface area contributed by atoms with Crippen molar-refractivity contribution < 1.29 is 9.59 Å². The highest BCUT2D eigenvalue weighted by molar-refractivity contribution is 5.91. The zero-order valence-corrected chi connectivity index (χ0v) is 10.4. The molecule has 0 bridgehead atoms. The van der Waals surface area contributed by atoms with Gasteiger partial charge in [-0.15, -0.1) is 0 Å². The number of aryl methyl sites for hydroxylation is 2. The van der Waals surface area contributed by atoms with Crippen LogP contribution in [0.15, 0.2) is 6.20 Å². The average Bonchev–Trinajstić information content (AvgIpc) is 2.52. The molecule has 6 nitrogen and oxygen atoms in total. The third-order valence-electron chi connectivity index (χ3n) is 2.24. The molecular weight excluding hydrogens is 220 g/mol. The molecule has 0 aliphatic carbocycles. The van der Waals surface area contributed by atoms with E-state index in [2.05, 4.69) is 15.7 Å². The van der Waals surface area contributed by atoms with Crippen LogP contribution in [0.2, 0.25) is 0 Å². The number of nitrogens with zero attached hydrogens (tertiary/aromatic N) is 2. The Labute approximate surface area is 100 Å². The van der Waals surface area contributed by atoms with Gasteiger partial charge in [0.05, 0.1) is 11.4 Å². The molecule has 1 heterocycles. The second-order valence-electron chi connectivity index (χ2n) is 3.94. The van der Waals surface area contributed by atoms with E-state index < -0.39 is 0 Å². The van der Waals surface area contributed by atoms with Crippen molar-refractivity contribution >= 4 is 17.5 Å². The van der Waals surface area contributed by atoms with Crippen molar-refractivity contribution in [2.75, 3.05) is 11.9 Å². The summed E-state index contributed by atoms with van der Waals surface area (Å²) in [5, 5.41) is 9.56. The molecular formula is C11H18N4O2. The van der Waals surface area contributed by atoms with E-state index in [1.165, 1.54) is 6.92 Å². The van der Waals surface area contributed by atoms with Crippen LogP contribution >= 0.6 is 0 Å². The fourth-order valence-electron chi connectivity index (χ4n) is 1.45. The molecule has 0 radical (unpaired) electrons. The summed E-state index contributed by atoms with van der Waals surface area (Å²) in [5.74, 6) is -0.139. The van der Waals surface area contributed by atoms with E-state index in [1.54, 1.807) is 17.9 Å². The Hall–Kier alpha value is -1.85. The highest BCUT2D eigenvalue weighted by atomic mass is 16.2. The highest BCUT2D eigenvalue weighted by Gasteiger charge is 2.07. The van der Waals surface area contributed by atoms with Crippen LogP contribution in [-0.4, -0.2) is 28.1 Å². The number of anilines is 1. The Morgan fingerprint density at radius 1 is 1.47 bits per heavy atom. The third-order valence-corrected chi connectivity index (χ3v) is 2.24. The van der Waals surface area contributed by atoms with Gasteiger partial charge in [0.15, 0.2) is 0 Å². The maximum Gasteiger partial charge on any atom is 0.224 e. The van der Waals surface area contributed by atoms with E-state index in [1.807, 2.05) is 6.92 Å². The predicted octanol–water partition coefficient (Wildman–Crippen LogP) is 0.583. The van der Waals surface area contributed by atoms with Crippen LogP contribution < -0.4 is 10.6 Å². The number of rotatable bonds is 5. The first-order chi connectivity index (χ1) is 7.99. The zero-order valence-electron chi connectivity index (χ0n) is 10.4. The fraction of sp³-hybridized carbons (Fsp3) is 0.545. The number of hydrogen-bond donors (Lipinski definition) is 2. The monoisotopic (exact) mass is 238 g/mol. The molecule has 0 aromatic carbocycles. The Balaban J connectivity index is 2.30. The molecule has 0 spiro atoms. The first-order valence-electron chi connectivity index (χ1n) is 5.53. The number of hydrogen-bond acceptors (Lipinski definition) is 3. The van der Waals surface area contributed by atoms with Gasteiger partial charge in [-0.1, -0.05) is 0 Å². The van der Waals surface area contributed by atoms with E-state index in [0.29, 0.717) is 19.4 Å². The normalized spacial score (nSPS) is 10.1. The second-order valence-corrected chi connectivity index (χ2v) is 3.94. The van der Waals surface area contributed by atoms with Gasteiger partial charge in [0.1, 0.15) is 0 Å². The predicted molar refractivity (Wildman–Crippen MR) is 64.5 cm³/mol. The van der Waals surface area contributed by atoms with Crippen molar-refractivity contribution in [3.05, 3.63) is 11.9 Å². The van der Waals surface area contributed by atoms with Crippen molar-refractivity contribution in [3.8, 4) is 0 Å². The first kappa shape index (κ1) is 13.2. The molecule has 2 N–H and O–H groups in total. The summed E-state index contributed by atoms with van der Waals surface area (Å²) in [6, 6.07) is 0. The second kappa shape index (κ2) is 6.03. The zero-order chi connectivity index (χ0) is 12.8. The molecule has 0 aliphatic heterocycles. The van der Waals surface area contributed by atoms with Gasteiger partial charge in [0, 0.05) is 33.1 Å². The van der Waals surface area contributed by atoms with Crippen molar-refractivity contribution in [2.24, 2.45) is 7.05 Å². The fourth-order valence-corrected chi connectivity index (χ4v) is 1.45. The summed E-state index contributed by atoms with van der Waals surface area (Å²) in [5.41, 5.74) is 1.53. The molecule has 0 fully saturated rings. The van der Waals surface area contributed by atoms with Crippen LogP contribution in [0.25, 0.3) is 0 Å². The minimum Gasteiger partial charge on any atom is -0.356 e. The van der Waals surface area contributed by atoms with Crippen molar-refractivity contribution in [2.45, 2.75) is 26.7 Å². The SMILES string of the molecule is CC(=O)NCCCC(=O)Nc1cn(C)nc1C. The molecule has 0 saturated heterocycles. The Bertz CT molecular complexity index is 412. The van der Waals surface area contributed by atoms with Crippen LogP contribution in [0.5, 0.6) is 0 Å². The molecule has 1 rings (SSSR count). The lowest BCUT2D eigenvalue weighted by molar-refractivity contribution is -0.119. The van der Waals surface area contributed by atoms with Gasteiger partial charge >= 0.3 is 0 Å². The van der Waals surface area contributed by atoms with E-state index >= 15 is 0 Å². The lowest BCUT2D eigenvalue weighted by Gasteiger charge is -2.04. The molecule has 0 aliphatic rings. The van der Waals surface area contributed by atoms with Gasteiger partial charge in [0.2, 0.25) is 11.8 Å². The maximum absolute atomic E-state index is 11.6. The smallest absolute Gasteiger partial charge is 0.224 e. The van der Waals surface area contributed by atoms with Gasteiger partial charge in [-0.2, -0.15) is 5.10 Å². The van der Waals surface area contributed by atoms with E-state index in [4.69, 9.17) is 0 Å². The average molecular weight is 238 g/mol. The Morgan fingerprint density at radius 2 is 2.18 bits per heavy atom. The van der Waals surface area contributed by atoms with Crippen LogP contribution in [0, 0.1) is 6.92 Å². The minimum atomic E-state index is -0.0755. The largest absolute Gasteiger partial charge is 0.356 e. The lowest BCUT2D eigenvalue weighted by atomic mass is 10.3. The highest BCUT2D eigenvalue weighted by Crippen LogP contribution is 2.11. The van der Waals surface area contributed by atoms with E-state index in [9.17, 15) is 9.59 Å². The molecule has 0 unspecified atom stereocenters. The number of aromatic nitrogens is 2. The van der Waals surface area contributed by atoms with Gasteiger partial charge in [0.25, 0.3) is 0 Å². The van der Waals surface area contributed by atoms with Gasteiger partial charge in [-0.25, -0.2) is 0 Å². The number of carbonyl (C=O) groups is 2. The van der Waals surface area contributed by atoms with Gasteiger partial charge < -0.3 is 10.6 Å².